The zero-order valence-corrected chi connectivity index (χ0v) is 39.1. The van der Waals surface area contributed by atoms with E-state index in [-0.39, 0.29) is 36.4 Å². The van der Waals surface area contributed by atoms with Crippen LogP contribution in [0.5, 0.6) is 0 Å². The van der Waals surface area contributed by atoms with Gasteiger partial charge in [0, 0.05) is 40.7 Å². The van der Waals surface area contributed by atoms with Crippen molar-refractivity contribution in [3.8, 4) is 0 Å². The lowest BCUT2D eigenvalue weighted by Gasteiger charge is -2.19. The molecule has 0 fully saturated rings. The second-order valence-electron chi connectivity index (χ2n) is 18.9. The molecule has 2 N–H and O–H groups in total. The molecule has 0 amide bonds. The number of rotatable bonds is 19. The Bertz CT molecular complexity index is 2370. The van der Waals surface area contributed by atoms with E-state index in [9.17, 15) is 14.4 Å². The number of ether oxygens (including phenoxy) is 2. The largest absolute Gasteiger partial charge is 0.461 e. The standard InChI is InChI=1S/C53H70N4O5/c1-12-38-34(8)41-27-43-36(10)40(23-24-47(58)61-26-25-33(7)22-16-21-32(6)20-15-19-31(5)18-14-17-30(3)4)50(56-43)49-51-48(52(59)62-53(49)60)37(11)44(57-51)29-46-39(13-2)35(9)42(55-46)28-45(38)54-41/h12,25,27-32,36,40,56-57H,1,13-24,26H2,2-11H3/b33-25+,43-27?,45-28?,46-29?,50-49?/t31-,32-,36-,40-/m1/s1. The summed E-state index contributed by atoms with van der Waals surface area (Å²) in [5.41, 5.74) is 12.3. The Hall–Kier alpha value is -5.05. The van der Waals surface area contributed by atoms with Crippen LogP contribution in [-0.4, -0.2) is 44.5 Å². The number of fused-ring (bicyclic) bond motifs is 8. The third-order valence-electron chi connectivity index (χ3n) is 13.7. The number of carbonyl (C=O) groups is 3. The van der Waals surface area contributed by atoms with Gasteiger partial charge >= 0.3 is 17.9 Å². The Kier molecular flexibility index (Phi) is 15.3. The molecule has 4 atom stereocenters. The van der Waals surface area contributed by atoms with Crippen LogP contribution in [-0.2, 0) is 14.3 Å². The molecule has 0 saturated heterocycles. The summed E-state index contributed by atoms with van der Waals surface area (Å²) in [6.45, 7) is 26.0. The predicted octanol–water partition coefficient (Wildman–Crippen LogP) is 13.7. The molecular formula is C53H70N4O5. The van der Waals surface area contributed by atoms with Crippen LogP contribution in [0.1, 0.15) is 212 Å². The van der Waals surface area contributed by atoms with Gasteiger partial charge in [-0.1, -0.05) is 105 Å². The molecule has 0 aromatic carbocycles. The van der Waals surface area contributed by atoms with Gasteiger partial charge in [-0.2, -0.15) is 0 Å². The van der Waals surface area contributed by atoms with E-state index >= 15 is 0 Å². The highest BCUT2D eigenvalue weighted by molar-refractivity contribution is 6.18. The first-order chi connectivity index (χ1) is 29.6. The fourth-order valence-corrected chi connectivity index (χ4v) is 9.66. The quantitative estimate of drug-likeness (QED) is 0.0819. The molecule has 62 heavy (non-hydrogen) atoms. The molecule has 0 saturated carbocycles. The highest BCUT2D eigenvalue weighted by Gasteiger charge is 2.38. The number of carbonyl (C=O) groups excluding carboxylic acids is 3. The summed E-state index contributed by atoms with van der Waals surface area (Å²) in [7, 11) is 0. The van der Waals surface area contributed by atoms with Crippen LogP contribution in [0.3, 0.4) is 0 Å². The van der Waals surface area contributed by atoms with Crippen molar-refractivity contribution in [1.29, 1.82) is 0 Å². The monoisotopic (exact) mass is 843 g/mol. The summed E-state index contributed by atoms with van der Waals surface area (Å²) < 4.78 is 11.2. The normalized spacial score (nSPS) is 18.0. The molecule has 9 nitrogen and oxygen atoms in total. The van der Waals surface area contributed by atoms with E-state index in [1.54, 1.807) is 0 Å². The molecular weight excluding hydrogens is 773 g/mol. The number of aromatic nitrogens is 4. The van der Waals surface area contributed by atoms with Crippen LogP contribution in [0, 0.1) is 24.7 Å². The molecule has 6 rings (SSSR count). The highest BCUT2D eigenvalue weighted by Crippen LogP contribution is 2.44. The van der Waals surface area contributed by atoms with Gasteiger partial charge in [0.25, 0.3) is 0 Å². The first kappa shape index (κ1) is 46.5. The van der Waals surface area contributed by atoms with Crippen molar-refractivity contribution >= 4 is 51.2 Å². The lowest BCUT2D eigenvalue weighted by atomic mass is 9.85. The number of nitrogens with zero attached hydrogens (tertiary/aromatic N) is 2. The maximum Gasteiger partial charge on any atom is 0.349 e. The van der Waals surface area contributed by atoms with E-state index in [4.69, 9.17) is 19.4 Å². The van der Waals surface area contributed by atoms with E-state index in [0.717, 1.165) is 87.8 Å². The topological polar surface area (TPSA) is 127 Å². The van der Waals surface area contributed by atoms with E-state index in [2.05, 4.69) is 71.9 Å². The summed E-state index contributed by atoms with van der Waals surface area (Å²) in [5.74, 6) is 0.198. The van der Waals surface area contributed by atoms with Crippen molar-refractivity contribution in [2.75, 3.05) is 6.61 Å². The molecule has 0 spiro atoms. The number of aryl methyl sites for hydroxylation is 1. The molecule has 0 unspecified atom stereocenters. The Balaban J connectivity index is 1.20. The summed E-state index contributed by atoms with van der Waals surface area (Å²) in [6.07, 6.45) is 16.5. The third kappa shape index (κ3) is 10.4. The van der Waals surface area contributed by atoms with Gasteiger partial charge in [-0.15, -0.1) is 0 Å². The van der Waals surface area contributed by atoms with E-state index in [1.807, 2.05) is 44.2 Å². The van der Waals surface area contributed by atoms with Crippen molar-refractivity contribution in [2.45, 2.75) is 158 Å². The Morgan fingerprint density at radius 3 is 2.16 bits per heavy atom. The number of hydrogen-bond acceptors (Lipinski definition) is 7. The van der Waals surface area contributed by atoms with Crippen LogP contribution in [0.15, 0.2) is 42.5 Å². The average Bonchev–Trinajstić information content (AvgIpc) is 3.89. The van der Waals surface area contributed by atoms with Gasteiger partial charge in [-0.25, -0.2) is 19.6 Å². The fourth-order valence-electron chi connectivity index (χ4n) is 9.66. The van der Waals surface area contributed by atoms with Crippen molar-refractivity contribution in [3.05, 3.63) is 93.4 Å². The Morgan fingerprint density at radius 1 is 0.839 bits per heavy atom. The molecule has 2 aromatic heterocycles. The smallest absolute Gasteiger partial charge is 0.349 e. The van der Waals surface area contributed by atoms with Gasteiger partial charge in [0.2, 0.25) is 0 Å². The molecule has 2 aromatic rings. The van der Waals surface area contributed by atoms with Crippen molar-refractivity contribution < 1.29 is 23.9 Å². The number of nitrogens with one attached hydrogen (secondary N) is 2. The summed E-state index contributed by atoms with van der Waals surface area (Å²) in [6, 6.07) is 5.99. The molecule has 4 aliphatic rings. The molecule has 9 heteroatoms. The minimum absolute atomic E-state index is 0.136. The summed E-state index contributed by atoms with van der Waals surface area (Å²) in [4.78, 5) is 57.7. The molecule has 6 heterocycles. The summed E-state index contributed by atoms with van der Waals surface area (Å²) in [5, 5.41) is 0. The zero-order valence-electron chi connectivity index (χ0n) is 39.1. The Morgan fingerprint density at radius 2 is 1.48 bits per heavy atom. The lowest BCUT2D eigenvalue weighted by molar-refractivity contribution is -0.142. The predicted molar refractivity (Wildman–Crippen MR) is 252 cm³/mol. The van der Waals surface area contributed by atoms with E-state index in [1.165, 1.54) is 50.5 Å². The average molecular weight is 843 g/mol. The van der Waals surface area contributed by atoms with Crippen LogP contribution < -0.4 is 0 Å². The second-order valence-corrected chi connectivity index (χ2v) is 18.9. The number of esters is 3. The van der Waals surface area contributed by atoms with Gasteiger partial charge in [0.05, 0.1) is 33.9 Å². The first-order valence-electron chi connectivity index (χ1n) is 23.3. The lowest BCUT2D eigenvalue weighted by Crippen LogP contribution is -2.21. The van der Waals surface area contributed by atoms with Gasteiger partial charge in [-0.3, -0.25) is 4.79 Å². The highest BCUT2D eigenvalue weighted by atomic mass is 16.6. The fraction of sp³-hybridized carbons (Fsp3) is 0.528. The van der Waals surface area contributed by atoms with Gasteiger partial charge < -0.3 is 19.4 Å². The minimum Gasteiger partial charge on any atom is -0.461 e. The zero-order chi connectivity index (χ0) is 44.8. The molecule has 0 aliphatic carbocycles. The Labute approximate surface area is 369 Å². The van der Waals surface area contributed by atoms with Gasteiger partial charge in [0.1, 0.15) is 12.2 Å². The van der Waals surface area contributed by atoms with Crippen LogP contribution in [0.2, 0.25) is 0 Å². The van der Waals surface area contributed by atoms with Crippen LogP contribution in [0.4, 0.5) is 0 Å². The molecule has 4 aliphatic heterocycles. The van der Waals surface area contributed by atoms with Gasteiger partial charge in [0.15, 0.2) is 0 Å². The maximum atomic E-state index is 13.8. The minimum atomic E-state index is -0.732. The number of aromatic amines is 2. The number of allylic oxidation sites excluding steroid dienone is 6. The third-order valence-corrected chi connectivity index (χ3v) is 13.7. The maximum absolute atomic E-state index is 13.8. The molecule has 332 valence electrons. The van der Waals surface area contributed by atoms with Crippen molar-refractivity contribution in [3.63, 3.8) is 0 Å². The van der Waals surface area contributed by atoms with Crippen molar-refractivity contribution in [1.82, 2.24) is 19.9 Å². The summed E-state index contributed by atoms with van der Waals surface area (Å²) >= 11 is 0. The van der Waals surface area contributed by atoms with Crippen LogP contribution >= 0.6 is 0 Å². The second kappa shape index (κ2) is 20.4. The first-order valence-corrected chi connectivity index (χ1v) is 23.3. The van der Waals surface area contributed by atoms with E-state index < -0.39 is 11.9 Å². The van der Waals surface area contributed by atoms with Crippen molar-refractivity contribution in [2.24, 2.45) is 17.8 Å². The van der Waals surface area contributed by atoms with Gasteiger partial charge in [-0.05, 0) is 118 Å². The SMILES string of the molecule is C=CC1=C(C)c2cc3[nH]c(c4c5[nH]c(cc6nc(cc1n2)C(C)=C6CC)c(C)c5C(=O)OC4=O)[C@H](CCC(=O)OC/C=C(\C)CCC[C@H](C)CCC[C@H](C)CCCC(C)C)[C@H]3C. The number of H-pyrrole nitrogens is 2. The van der Waals surface area contributed by atoms with E-state index in [0.29, 0.717) is 34.3 Å². The number of cyclic esters (lactones) is 2. The van der Waals surface area contributed by atoms with Crippen LogP contribution in [0.25, 0.3) is 33.3 Å². The molecule has 0 radical (unpaired) electrons. The number of hydrogen-bond donors (Lipinski definition) is 2. The molecule has 8 bridgehead atoms.